The van der Waals surface area contributed by atoms with E-state index in [1.54, 1.807) is 42.5 Å². The largest absolute Gasteiger partial charge is 0.479 e. The summed E-state index contributed by atoms with van der Waals surface area (Å²) in [5, 5.41) is 30.0. The Morgan fingerprint density at radius 1 is 0.937 bits per heavy atom. The molecule has 0 spiro atoms. The third-order valence-electron chi connectivity index (χ3n) is 10.7. The lowest BCUT2D eigenvalue weighted by Crippen LogP contribution is -2.55. The summed E-state index contributed by atoms with van der Waals surface area (Å²) < 4.78 is 34.5. The van der Waals surface area contributed by atoms with E-state index in [4.69, 9.17) is 21.4 Å². The highest BCUT2D eigenvalue weighted by atomic mass is 35.5. The number of aromatic carboxylic acids is 1. The maximum Gasteiger partial charge on any atom is 0.349 e. The summed E-state index contributed by atoms with van der Waals surface area (Å²) in [7, 11) is -3.85. The highest BCUT2D eigenvalue weighted by Gasteiger charge is 2.45. The average Bonchev–Trinajstić information content (AvgIpc) is 3.67. The number of imide groups is 2. The van der Waals surface area contributed by atoms with Crippen molar-refractivity contribution in [3.05, 3.63) is 93.3 Å². The number of nitrogens with one attached hydrogen (secondary N) is 4. The third-order valence-corrected chi connectivity index (χ3v) is 14.5. The number of thiophene rings is 1. The molecule has 0 bridgehead atoms. The number of fused-ring (bicyclic) bond motifs is 1. The average molecular weight is 921 g/mol. The van der Waals surface area contributed by atoms with Crippen LogP contribution in [-0.4, -0.2) is 107 Å². The molecule has 0 aliphatic carbocycles. The number of carboxylic acid groups (broad SMARTS) is 2. The predicted octanol–water partition coefficient (Wildman–Crippen LogP) is 4.87. The van der Waals surface area contributed by atoms with Crippen LogP contribution in [0.4, 0.5) is 17.1 Å². The highest BCUT2D eigenvalue weighted by molar-refractivity contribution is 7.88. The number of ether oxygens (including phenoxy) is 1. The summed E-state index contributed by atoms with van der Waals surface area (Å²) in [6.45, 7) is 2.91. The van der Waals surface area contributed by atoms with Gasteiger partial charge in [-0.3, -0.25) is 34.2 Å². The molecule has 4 aromatic rings. The molecule has 1 aromatic heterocycles. The first-order chi connectivity index (χ1) is 29.8. The van der Waals surface area contributed by atoms with Crippen molar-refractivity contribution in [2.24, 2.45) is 0 Å². The van der Waals surface area contributed by atoms with Gasteiger partial charge in [0.05, 0.1) is 28.3 Å². The lowest BCUT2D eigenvalue weighted by atomic mass is 9.89. The van der Waals surface area contributed by atoms with Gasteiger partial charge in [-0.15, -0.1) is 11.3 Å². The smallest absolute Gasteiger partial charge is 0.349 e. The van der Waals surface area contributed by atoms with E-state index in [0.717, 1.165) is 16.2 Å². The first kappa shape index (κ1) is 44.7. The van der Waals surface area contributed by atoms with E-state index in [1.807, 2.05) is 19.9 Å². The maximum absolute atomic E-state index is 13.9. The second-order valence-electron chi connectivity index (χ2n) is 15.8. The normalized spacial score (nSPS) is 18.7. The minimum Gasteiger partial charge on any atom is -0.479 e. The number of rotatable bonds is 15. The van der Waals surface area contributed by atoms with Gasteiger partial charge in [-0.05, 0) is 86.7 Å². The SMILES string of the molecule is CC1(C)C[C@@H](Nc2cccc(-c3sc(C(=O)O)c(OCC(=O)O)c3Cl)c2)CCN1S(=O)(=O)Cc1cccc(NC(=O)CNc2ccc3c(c2)C(=O)N(C2CCC(=O)NC2=O)C3=O)c1. The molecule has 1 unspecified atom stereocenters. The van der Waals surface area contributed by atoms with Crippen LogP contribution in [-0.2, 0) is 35.0 Å². The molecule has 0 radical (unpaired) electrons. The number of halogens is 1. The fourth-order valence-corrected chi connectivity index (χ4v) is 11.4. The maximum atomic E-state index is 13.9. The van der Waals surface area contributed by atoms with Gasteiger partial charge >= 0.3 is 11.9 Å². The number of anilines is 3. The predicted molar refractivity (Wildman–Crippen MR) is 232 cm³/mol. The van der Waals surface area contributed by atoms with Gasteiger partial charge < -0.3 is 30.9 Å². The van der Waals surface area contributed by atoms with E-state index in [1.165, 1.54) is 22.5 Å². The Morgan fingerprint density at radius 2 is 1.67 bits per heavy atom. The highest BCUT2D eigenvalue weighted by Crippen LogP contribution is 2.46. The molecular formula is C42H41ClN6O12S2. The van der Waals surface area contributed by atoms with Gasteiger partial charge in [0.15, 0.2) is 17.2 Å². The van der Waals surface area contributed by atoms with Crippen LogP contribution in [0.3, 0.4) is 0 Å². The molecule has 2 atom stereocenters. The van der Waals surface area contributed by atoms with Gasteiger partial charge in [-0.2, -0.15) is 4.31 Å². The van der Waals surface area contributed by atoms with Gasteiger partial charge in [-0.25, -0.2) is 18.0 Å². The van der Waals surface area contributed by atoms with Crippen molar-refractivity contribution >= 4 is 91.5 Å². The number of nitrogens with zero attached hydrogens (tertiary/aromatic N) is 2. The number of hydrogen-bond donors (Lipinski definition) is 6. The van der Waals surface area contributed by atoms with Crippen LogP contribution in [0.25, 0.3) is 10.4 Å². The zero-order chi connectivity index (χ0) is 45.4. The molecule has 63 heavy (non-hydrogen) atoms. The molecule has 4 heterocycles. The molecule has 3 aliphatic heterocycles. The number of aliphatic carboxylic acids is 1. The van der Waals surface area contributed by atoms with Crippen molar-refractivity contribution in [1.82, 2.24) is 14.5 Å². The van der Waals surface area contributed by atoms with Gasteiger partial charge in [0.2, 0.25) is 27.7 Å². The lowest BCUT2D eigenvalue weighted by Gasteiger charge is -2.45. The Kier molecular flexibility index (Phi) is 12.6. The molecule has 5 amide bonds. The molecule has 3 aliphatic rings. The minimum absolute atomic E-state index is 0.00502. The summed E-state index contributed by atoms with van der Waals surface area (Å²) >= 11 is 7.36. The van der Waals surface area contributed by atoms with Gasteiger partial charge in [-0.1, -0.05) is 35.9 Å². The Morgan fingerprint density at radius 3 is 2.38 bits per heavy atom. The quantitative estimate of drug-likeness (QED) is 0.0871. The Bertz CT molecular complexity index is 2690. The van der Waals surface area contributed by atoms with E-state index >= 15 is 0 Å². The van der Waals surface area contributed by atoms with E-state index in [9.17, 15) is 47.1 Å². The first-order valence-corrected chi connectivity index (χ1v) is 22.4. The summed E-state index contributed by atoms with van der Waals surface area (Å²) in [4.78, 5) is 87.1. The lowest BCUT2D eigenvalue weighted by molar-refractivity contribution is -0.139. The zero-order valence-corrected chi connectivity index (χ0v) is 36.1. The number of hydrogen-bond acceptors (Lipinski definition) is 13. The Balaban J connectivity index is 0.938. The van der Waals surface area contributed by atoms with Gasteiger partial charge in [0.1, 0.15) is 11.1 Å². The summed E-state index contributed by atoms with van der Waals surface area (Å²) in [6, 6.07) is 16.7. The molecule has 2 saturated heterocycles. The number of carboxylic acids is 2. The molecule has 18 nitrogen and oxygen atoms in total. The van der Waals surface area contributed by atoms with Crippen LogP contribution in [0, 0.1) is 0 Å². The fourth-order valence-electron chi connectivity index (χ4n) is 7.99. The van der Waals surface area contributed by atoms with Crippen molar-refractivity contribution in [2.45, 2.75) is 62.9 Å². The Hall–Kier alpha value is -6.35. The Labute approximate surface area is 369 Å². The topological polar surface area (TPSA) is 258 Å². The molecule has 21 heteroatoms. The second kappa shape index (κ2) is 17.8. The van der Waals surface area contributed by atoms with Crippen molar-refractivity contribution in [2.75, 3.05) is 35.6 Å². The number of amides is 5. The van der Waals surface area contributed by atoms with Crippen molar-refractivity contribution in [3.63, 3.8) is 0 Å². The number of carbonyl (C=O) groups excluding carboxylic acids is 5. The van der Waals surface area contributed by atoms with Crippen molar-refractivity contribution in [1.29, 1.82) is 0 Å². The minimum atomic E-state index is -3.85. The van der Waals surface area contributed by atoms with E-state index in [2.05, 4.69) is 21.3 Å². The molecule has 6 N–H and O–H groups in total. The van der Waals surface area contributed by atoms with Crippen molar-refractivity contribution < 1.29 is 56.9 Å². The van der Waals surface area contributed by atoms with Crippen LogP contribution >= 0.6 is 22.9 Å². The first-order valence-electron chi connectivity index (χ1n) is 19.6. The monoisotopic (exact) mass is 920 g/mol. The molecule has 3 aromatic carbocycles. The van der Waals surface area contributed by atoms with Crippen LogP contribution in [0.1, 0.15) is 75.5 Å². The standard InChI is InChI=1S/C42H41ClN6O12S2/c1-42(2)18-27(45-26-8-4-6-23(16-26)36-34(43)35(61-20-33(52)53)37(62-36)41(57)58)13-14-48(42)63(59,60)21-22-5-3-7-25(15-22)46-32(51)19-44-24-9-10-28-29(17-24)40(56)49(39(28)55)30-11-12-31(50)47-38(30)54/h3-10,15-17,27,30,44-45H,11-14,18-21H2,1-2H3,(H,46,51)(H,52,53)(H,57,58)(H,47,50,54)/t27-,30?/m0/s1. The van der Waals surface area contributed by atoms with Crippen LogP contribution in [0.5, 0.6) is 5.75 Å². The number of sulfonamides is 1. The number of carbonyl (C=O) groups is 7. The van der Waals surface area contributed by atoms with Crippen LogP contribution in [0.15, 0.2) is 66.7 Å². The number of piperidine rings is 2. The van der Waals surface area contributed by atoms with Gasteiger partial charge in [0, 0.05) is 41.6 Å². The van der Waals surface area contributed by atoms with E-state index in [-0.39, 0.29) is 64.5 Å². The third kappa shape index (κ3) is 9.68. The molecular weight excluding hydrogens is 880 g/mol. The summed E-state index contributed by atoms with van der Waals surface area (Å²) in [5.41, 5.74) is 1.80. The number of benzene rings is 3. The zero-order valence-electron chi connectivity index (χ0n) is 33.7. The molecule has 2 fully saturated rings. The van der Waals surface area contributed by atoms with Crippen LogP contribution in [0.2, 0.25) is 5.02 Å². The van der Waals surface area contributed by atoms with E-state index < -0.39 is 69.7 Å². The van der Waals surface area contributed by atoms with Crippen molar-refractivity contribution in [3.8, 4) is 16.2 Å². The van der Waals surface area contributed by atoms with E-state index in [0.29, 0.717) is 45.9 Å². The fraction of sp³-hybridized carbons (Fsp3) is 0.310. The van der Waals surface area contributed by atoms with Crippen LogP contribution < -0.4 is 26.0 Å². The van der Waals surface area contributed by atoms with Gasteiger partial charge in [0.25, 0.3) is 11.8 Å². The summed E-state index contributed by atoms with van der Waals surface area (Å²) in [6.07, 6.45) is 0.937. The molecule has 7 rings (SSSR count). The molecule has 330 valence electrons. The molecule has 0 saturated carbocycles. The summed E-state index contributed by atoms with van der Waals surface area (Å²) in [5.74, 6) is -6.13. The second-order valence-corrected chi connectivity index (χ2v) is 19.0.